The van der Waals surface area contributed by atoms with Crippen LogP contribution in [0.5, 0.6) is 0 Å². The van der Waals surface area contributed by atoms with Crippen LogP contribution >= 0.6 is 27.5 Å². The molecule has 1 fully saturated rings. The molecule has 1 aromatic carbocycles. The number of rotatable bonds is 1. The van der Waals surface area contributed by atoms with E-state index in [0.29, 0.717) is 19.7 Å². The van der Waals surface area contributed by atoms with E-state index in [0.717, 1.165) is 10.0 Å². The molecule has 0 N–H and O–H groups in total. The molecule has 0 aromatic heterocycles. The van der Waals surface area contributed by atoms with Crippen LogP contribution < -0.4 is 0 Å². The zero-order chi connectivity index (χ0) is 11.5. The Labute approximate surface area is 107 Å². The van der Waals surface area contributed by atoms with Crippen molar-refractivity contribution in [1.29, 1.82) is 0 Å². The lowest BCUT2D eigenvalue weighted by Crippen LogP contribution is -2.39. The SMILES string of the molecule is O=C(Cl)N1CCOC(c2ccccc2Br)C1. The summed E-state index contributed by atoms with van der Waals surface area (Å²) in [5.74, 6) is 0. The van der Waals surface area contributed by atoms with E-state index < -0.39 is 5.37 Å². The van der Waals surface area contributed by atoms with Gasteiger partial charge in [-0.3, -0.25) is 4.79 Å². The molecule has 1 atom stereocenters. The van der Waals surface area contributed by atoms with Gasteiger partial charge in [-0.25, -0.2) is 0 Å². The van der Waals surface area contributed by atoms with Crippen LogP contribution in [0.25, 0.3) is 0 Å². The molecular weight excluding hydrogens is 293 g/mol. The summed E-state index contributed by atoms with van der Waals surface area (Å²) in [6.07, 6.45) is -0.105. The molecular formula is C11H11BrClNO2. The van der Waals surface area contributed by atoms with E-state index in [2.05, 4.69) is 15.9 Å². The number of halogens is 2. The first kappa shape index (κ1) is 11.9. The van der Waals surface area contributed by atoms with Gasteiger partial charge in [-0.05, 0) is 23.2 Å². The van der Waals surface area contributed by atoms with Crippen molar-refractivity contribution >= 4 is 32.9 Å². The number of hydrogen-bond acceptors (Lipinski definition) is 2. The Kier molecular flexibility index (Phi) is 3.84. The van der Waals surface area contributed by atoms with Crippen LogP contribution in [-0.4, -0.2) is 30.0 Å². The number of carbonyl (C=O) groups is 1. The lowest BCUT2D eigenvalue weighted by atomic mass is 10.1. The summed E-state index contributed by atoms with van der Waals surface area (Å²) >= 11 is 8.94. The third-order valence-electron chi connectivity index (χ3n) is 2.57. The summed E-state index contributed by atoms with van der Waals surface area (Å²) in [6, 6.07) is 7.84. The number of hydrogen-bond donors (Lipinski definition) is 0. The third-order valence-corrected chi connectivity index (χ3v) is 3.53. The zero-order valence-corrected chi connectivity index (χ0v) is 10.9. The van der Waals surface area contributed by atoms with Crippen molar-refractivity contribution in [3.05, 3.63) is 34.3 Å². The van der Waals surface area contributed by atoms with Gasteiger partial charge in [0.15, 0.2) is 0 Å². The Bertz CT molecular complexity index is 399. The molecule has 0 aliphatic carbocycles. The molecule has 1 aliphatic rings. The summed E-state index contributed by atoms with van der Waals surface area (Å²) in [6.45, 7) is 1.58. The molecule has 5 heteroatoms. The first-order valence-corrected chi connectivity index (χ1v) is 6.16. The highest BCUT2D eigenvalue weighted by atomic mass is 79.9. The van der Waals surface area contributed by atoms with Crippen molar-refractivity contribution in [2.75, 3.05) is 19.7 Å². The van der Waals surface area contributed by atoms with Crippen molar-refractivity contribution in [3.63, 3.8) is 0 Å². The van der Waals surface area contributed by atoms with Gasteiger partial charge >= 0.3 is 5.37 Å². The molecule has 0 bridgehead atoms. The lowest BCUT2D eigenvalue weighted by Gasteiger charge is -2.32. The molecule has 1 heterocycles. The molecule has 2 rings (SSSR count). The quantitative estimate of drug-likeness (QED) is 0.589. The fourth-order valence-electron chi connectivity index (χ4n) is 1.73. The van der Waals surface area contributed by atoms with Crippen LogP contribution in [0.3, 0.4) is 0 Å². The van der Waals surface area contributed by atoms with Gasteiger partial charge in [-0.2, -0.15) is 0 Å². The van der Waals surface area contributed by atoms with Crippen LogP contribution in [0.1, 0.15) is 11.7 Å². The molecule has 0 spiro atoms. The number of benzene rings is 1. The molecule has 0 saturated carbocycles. The highest BCUT2D eigenvalue weighted by Crippen LogP contribution is 2.28. The summed E-state index contributed by atoms with van der Waals surface area (Å²) < 4.78 is 6.63. The van der Waals surface area contributed by atoms with E-state index in [-0.39, 0.29) is 6.10 Å². The average Bonchev–Trinajstić information content (AvgIpc) is 2.30. The average molecular weight is 305 g/mol. The van der Waals surface area contributed by atoms with Crippen molar-refractivity contribution in [3.8, 4) is 0 Å². The minimum absolute atomic E-state index is 0.105. The van der Waals surface area contributed by atoms with Gasteiger partial charge in [-0.15, -0.1) is 0 Å². The van der Waals surface area contributed by atoms with Gasteiger partial charge in [0.2, 0.25) is 0 Å². The predicted molar refractivity (Wildman–Crippen MR) is 65.7 cm³/mol. The molecule has 86 valence electrons. The van der Waals surface area contributed by atoms with Gasteiger partial charge < -0.3 is 9.64 Å². The van der Waals surface area contributed by atoms with Crippen molar-refractivity contribution in [1.82, 2.24) is 4.90 Å². The Balaban J connectivity index is 2.16. The molecule has 1 aromatic rings. The summed E-state index contributed by atoms with van der Waals surface area (Å²) in [4.78, 5) is 12.7. The largest absolute Gasteiger partial charge is 0.370 e. The topological polar surface area (TPSA) is 29.5 Å². The minimum atomic E-state index is -0.416. The highest BCUT2D eigenvalue weighted by molar-refractivity contribution is 9.10. The Morgan fingerprint density at radius 1 is 1.50 bits per heavy atom. The molecule has 1 aliphatic heterocycles. The van der Waals surface area contributed by atoms with Crippen molar-refractivity contribution in [2.45, 2.75) is 6.10 Å². The van der Waals surface area contributed by atoms with E-state index in [1.165, 1.54) is 0 Å². The second-order valence-corrected chi connectivity index (χ2v) is 4.76. The number of amides is 1. The fourth-order valence-corrected chi connectivity index (χ4v) is 2.43. The van der Waals surface area contributed by atoms with E-state index in [1.54, 1.807) is 4.90 Å². The molecule has 3 nitrogen and oxygen atoms in total. The smallest absolute Gasteiger partial charge is 0.316 e. The Morgan fingerprint density at radius 2 is 2.25 bits per heavy atom. The lowest BCUT2D eigenvalue weighted by molar-refractivity contribution is -0.0123. The second kappa shape index (κ2) is 5.17. The fraction of sp³-hybridized carbons (Fsp3) is 0.364. The third kappa shape index (κ3) is 2.56. The molecule has 1 saturated heterocycles. The maximum atomic E-state index is 11.1. The second-order valence-electron chi connectivity index (χ2n) is 3.58. The summed E-state index contributed by atoms with van der Waals surface area (Å²) in [5.41, 5.74) is 1.05. The van der Waals surface area contributed by atoms with E-state index in [9.17, 15) is 4.79 Å². The van der Waals surface area contributed by atoms with Gasteiger partial charge in [-0.1, -0.05) is 34.1 Å². The molecule has 16 heavy (non-hydrogen) atoms. The zero-order valence-electron chi connectivity index (χ0n) is 8.53. The number of morpholine rings is 1. The summed E-state index contributed by atoms with van der Waals surface area (Å²) in [5, 5.41) is -0.416. The van der Waals surface area contributed by atoms with Gasteiger partial charge in [0, 0.05) is 11.0 Å². The van der Waals surface area contributed by atoms with E-state index >= 15 is 0 Å². The molecule has 1 unspecified atom stereocenters. The predicted octanol–water partition coefficient (Wildman–Crippen LogP) is 3.18. The first-order valence-electron chi connectivity index (χ1n) is 4.99. The van der Waals surface area contributed by atoms with Crippen LogP contribution in [0.2, 0.25) is 0 Å². The van der Waals surface area contributed by atoms with Gasteiger partial charge in [0.05, 0.1) is 13.2 Å². The van der Waals surface area contributed by atoms with Crippen LogP contribution in [0.4, 0.5) is 4.79 Å². The van der Waals surface area contributed by atoms with Crippen molar-refractivity contribution in [2.24, 2.45) is 0 Å². The highest BCUT2D eigenvalue weighted by Gasteiger charge is 2.25. The number of nitrogens with zero attached hydrogens (tertiary/aromatic N) is 1. The van der Waals surface area contributed by atoms with E-state index in [4.69, 9.17) is 16.3 Å². The van der Waals surface area contributed by atoms with Crippen LogP contribution in [0.15, 0.2) is 28.7 Å². The summed E-state index contributed by atoms with van der Waals surface area (Å²) in [7, 11) is 0. The molecule has 0 radical (unpaired) electrons. The maximum absolute atomic E-state index is 11.1. The number of carbonyl (C=O) groups excluding carboxylic acids is 1. The number of ether oxygens (including phenoxy) is 1. The monoisotopic (exact) mass is 303 g/mol. The standard InChI is InChI=1S/C11H11BrClNO2/c12-9-4-2-1-3-8(9)10-7-14(11(13)15)5-6-16-10/h1-4,10H,5-7H2. The maximum Gasteiger partial charge on any atom is 0.316 e. The molecule has 1 amide bonds. The van der Waals surface area contributed by atoms with Crippen LogP contribution in [0, 0.1) is 0 Å². The first-order chi connectivity index (χ1) is 7.68. The normalized spacial score (nSPS) is 20.9. The Morgan fingerprint density at radius 3 is 2.94 bits per heavy atom. The van der Waals surface area contributed by atoms with Crippen molar-refractivity contribution < 1.29 is 9.53 Å². The van der Waals surface area contributed by atoms with E-state index in [1.807, 2.05) is 24.3 Å². The van der Waals surface area contributed by atoms with Gasteiger partial charge in [0.1, 0.15) is 6.10 Å². The van der Waals surface area contributed by atoms with Gasteiger partial charge in [0.25, 0.3) is 0 Å². The Hall–Kier alpha value is -0.580. The minimum Gasteiger partial charge on any atom is -0.370 e. The van der Waals surface area contributed by atoms with Crippen LogP contribution in [-0.2, 0) is 4.74 Å².